The van der Waals surface area contributed by atoms with Crippen LogP contribution < -0.4 is 0 Å². The molecule has 23 heavy (non-hydrogen) atoms. The molecule has 2 rings (SSSR count). The summed E-state index contributed by atoms with van der Waals surface area (Å²) in [6.07, 6.45) is 4.17. The molecule has 1 aromatic rings. The van der Waals surface area contributed by atoms with E-state index in [0.717, 1.165) is 26.1 Å². The average molecular weight is 314 g/mol. The maximum atomic E-state index is 11.7. The Hall–Kier alpha value is -1.61. The van der Waals surface area contributed by atoms with Crippen molar-refractivity contribution in [2.75, 3.05) is 33.7 Å². The molecule has 0 unspecified atom stereocenters. The Morgan fingerprint density at radius 1 is 1.35 bits per heavy atom. The summed E-state index contributed by atoms with van der Waals surface area (Å²) >= 11 is 0. The smallest absolute Gasteiger partial charge is 0.222 e. The highest BCUT2D eigenvalue weighted by atomic mass is 16.2. The molecule has 0 bridgehead atoms. The molecule has 1 atom stereocenters. The fourth-order valence-corrected chi connectivity index (χ4v) is 3.18. The first-order chi connectivity index (χ1) is 11.0. The number of carbonyl (C=O) groups is 1. The Morgan fingerprint density at radius 3 is 2.61 bits per heavy atom. The summed E-state index contributed by atoms with van der Waals surface area (Å²) in [5.41, 5.74) is 2.69. The summed E-state index contributed by atoms with van der Waals surface area (Å²) in [6.45, 7) is 7.30. The van der Waals surface area contributed by atoms with Gasteiger partial charge in [0, 0.05) is 33.1 Å². The number of allylic oxidation sites excluding steroid dienone is 1. The number of likely N-dealkylation sites (tertiary alicyclic amines) is 1. The molecule has 0 N–H and O–H groups in total. The van der Waals surface area contributed by atoms with Gasteiger partial charge in [0.05, 0.1) is 0 Å². The van der Waals surface area contributed by atoms with Crippen molar-refractivity contribution in [1.29, 1.82) is 0 Å². The third kappa shape index (κ3) is 5.51. The molecule has 1 amide bonds. The number of likely N-dealkylation sites (N-methyl/N-ethyl adjacent to an activating group) is 1. The zero-order chi connectivity index (χ0) is 16.8. The van der Waals surface area contributed by atoms with Crippen LogP contribution in [-0.4, -0.2) is 49.4 Å². The highest BCUT2D eigenvalue weighted by molar-refractivity contribution is 5.78. The summed E-state index contributed by atoms with van der Waals surface area (Å²) < 4.78 is 0. The van der Waals surface area contributed by atoms with Gasteiger partial charge >= 0.3 is 0 Å². The van der Waals surface area contributed by atoms with Gasteiger partial charge in [0.25, 0.3) is 0 Å². The number of benzene rings is 1. The molecule has 0 radical (unpaired) electrons. The summed E-state index contributed by atoms with van der Waals surface area (Å²) in [7, 11) is 4.06. The van der Waals surface area contributed by atoms with Crippen LogP contribution in [0.3, 0.4) is 0 Å². The summed E-state index contributed by atoms with van der Waals surface area (Å²) in [5.74, 6) is 1.40. The zero-order valence-electron chi connectivity index (χ0n) is 15.0. The minimum atomic E-state index is 0.280. The largest absolute Gasteiger partial charge is 0.345 e. The van der Waals surface area contributed by atoms with Crippen molar-refractivity contribution in [3.8, 4) is 0 Å². The first-order valence-electron chi connectivity index (χ1n) is 8.62. The Labute approximate surface area is 141 Å². The van der Waals surface area contributed by atoms with E-state index in [-0.39, 0.29) is 5.91 Å². The van der Waals surface area contributed by atoms with Crippen LogP contribution >= 0.6 is 0 Å². The van der Waals surface area contributed by atoms with E-state index in [1.54, 1.807) is 0 Å². The van der Waals surface area contributed by atoms with Gasteiger partial charge in [-0.05, 0) is 36.4 Å². The van der Waals surface area contributed by atoms with Crippen LogP contribution in [0.25, 0.3) is 5.57 Å². The SMILES string of the molecule is CC(C)C/C=C(\CN(C)C[C@@H]1CC(=O)N(C)C1)c1ccccc1. The number of hydrogen-bond acceptors (Lipinski definition) is 2. The molecular formula is C20H30N2O. The van der Waals surface area contributed by atoms with Gasteiger partial charge in [-0.15, -0.1) is 0 Å². The molecule has 1 fully saturated rings. The number of rotatable bonds is 7. The molecule has 1 aromatic carbocycles. The lowest BCUT2D eigenvalue weighted by molar-refractivity contribution is -0.126. The predicted molar refractivity (Wildman–Crippen MR) is 97.1 cm³/mol. The van der Waals surface area contributed by atoms with Gasteiger partial charge < -0.3 is 9.80 Å². The third-order valence-electron chi connectivity index (χ3n) is 4.41. The van der Waals surface area contributed by atoms with E-state index >= 15 is 0 Å². The van der Waals surface area contributed by atoms with E-state index in [1.807, 2.05) is 11.9 Å². The van der Waals surface area contributed by atoms with Crippen LogP contribution in [0.4, 0.5) is 0 Å². The molecule has 1 aliphatic rings. The van der Waals surface area contributed by atoms with Gasteiger partial charge in [-0.2, -0.15) is 0 Å². The van der Waals surface area contributed by atoms with E-state index < -0.39 is 0 Å². The van der Waals surface area contributed by atoms with Gasteiger partial charge in [0.15, 0.2) is 0 Å². The maximum Gasteiger partial charge on any atom is 0.222 e. The van der Waals surface area contributed by atoms with E-state index in [9.17, 15) is 4.79 Å². The second-order valence-corrected chi connectivity index (χ2v) is 7.27. The molecule has 1 saturated heterocycles. The standard InChI is InChI=1S/C20H30N2O/c1-16(2)10-11-19(18-8-6-5-7-9-18)15-21(3)13-17-12-20(23)22(4)14-17/h5-9,11,16-17H,10,12-15H2,1-4H3/b19-11+/t17-/m0/s1. The van der Waals surface area contributed by atoms with Crippen molar-refractivity contribution in [3.05, 3.63) is 42.0 Å². The molecule has 3 heteroatoms. The lowest BCUT2D eigenvalue weighted by atomic mass is 10.0. The molecule has 3 nitrogen and oxygen atoms in total. The van der Waals surface area contributed by atoms with E-state index in [4.69, 9.17) is 0 Å². The fraction of sp³-hybridized carbons (Fsp3) is 0.550. The fourth-order valence-electron chi connectivity index (χ4n) is 3.18. The Bertz CT molecular complexity index is 536. The van der Waals surface area contributed by atoms with E-state index in [1.165, 1.54) is 11.1 Å². The summed E-state index contributed by atoms with van der Waals surface area (Å²) in [4.78, 5) is 15.9. The number of hydrogen-bond donors (Lipinski definition) is 0. The van der Waals surface area contributed by atoms with E-state index in [0.29, 0.717) is 18.3 Å². The normalized spacial score (nSPS) is 19.2. The molecular weight excluding hydrogens is 284 g/mol. The molecule has 126 valence electrons. The van der Waals surface area contributed by atoms with Crippen LogP contribution in [0, 0.1) is 11.8 Å². The van der Waals surface area contributed by atoms with Crippen molar-refractivity contribution in [2.45, 2.75) is 26.7 Å². The average Bonchev–Trinajstić information content (AvgIpc) is 2.82. The Balaban J connectivity index is 2.00. The van der Waals surface area contributed by atoms with Gasteiger partial charge in [0.1, 0.15) is 0 Å². The van der Waals surface area contributed by atoms with Gasteiger partial charge in [-0.25, -0.2) is 0 Å². The highest BCUT2D eigenvalue weighted by Gasteiger charge is 2.27. The first kappa shape index (κ1) is 17.7. The summed E-state index contributed by atoms with van der Waals surface area (Å²) in [5, 5.41) is 0. The van der Waals surface area contributed by atoms with Gasteiger partial charge in [0.2, 0.25) is 5.91 Å². The third-order valence-corrected chi connectivity index (χ3v) is 4.41. The quantitative estimate of drug-likeness (QED) is 0.769. The summed E-state index contributed by atoms with van der Waals surface area (Å²) in [6, 6.07) is 10.6. The molecule has 0 saturated carbocycles. The predicted octanol–water partition coefficient (Wildman–Crippen LogP) is 3.53. The minimum absolute atomic E-state index is 0.280. The highest BCUT2D eigenvalue weighted by Crippen LogP contribution is 2.21. The van der Waals surface area contributed by atoms with Crippen LogP contribution in [0.1, 0.15) is 32.3 Å². The second kappa shape index (κ2) is 8.30. The van der Waals surface area contributed by atoms with E-state index in [2.05, 4.69) is 62.2 Å². The molecule has 0 aliphatic carbocycles. The molecule has 0 aromatic heterocycles. The second-order valence-electron chi connectivity index (χ2n) is 7.27. The maximum absolute atomic E-state index is 11.7. The molecule has 1 heterocycles. The van der Waals surface area contributed by atoms with Crippen LogP contribution in [0.15, 0.2) is 36.4 Å². The van der Waals surface area contributed by atoms with Crippen LogP contribution in [0.2, 0.25) is 0 Å². The number of amides is 1. The number of nitrogens with zero attached hydrogens (tertiary/aromatic N) is 2. The monoisotopic (exact) mass is 314 g/mol. The Kier molecular flexibility index (Phi) is 6.40. The molecule has 0 spiro atoms. The van der Waals surface area contributed by atoms with Crippen molar-refractivity contribution < 1.29 is 4.79 Å². The topological polar surface area (TPSA) is 23.6 Å². The van der Waals surface area contributed by atoms with Gasteiger partial charge in [-0.1, -0.05) is 50.3 Å². The van der Waals surface area contributed by atoms with Crippen molar-refractivity contribution in [3.63, 3.8) is 0 Å². The van der Waals surface area contributed by atoms with Gasteiger partial charge in [-0.3, -0.25) is 4.79 Å². The van der Waals surface area contributed by atoms with Crippen molar-refractivity contribution >= 4 is 11.5 Å². The first-order valence-corrected chi connectivity index (χ1v) is 8.62. The van der Waals surface area contributed by atoms with Crippen molar-refractivity contribution in [2.24, 2.45) is 11.8 Å². The lowest BCUT2D eigenvalue weighted by Gasteiger charge is -2.22. The van der Waals surface area contributed by atoms with Crippen LogP contribution in [0.5, 0.6) is 0 Å². The molecule has 1 aliphatic heterocycles. The number of carbonyl (C=O) groups excluding carboxylic acids is 1. The zero-order valence-corrected chi connectivity index (χ0v) is 15.0. The Morgan fingerprint density at radius 2 is 2.04 bits per heavy atom. The lowest BCUT2D eigenvalue weighted by Crippen LogP contribution is -2.29. The van der Waals surface area contributed by atoms with Crippen LogP contribution in [-0.2, 0) is 4.79 Å². The minimum Gasteiger partial charge on any atom is -0.345 e. The van der Waals surface area contributed by atoms with Crippen molar-refractivity contribution in [1.82, 2.24) is 9.80 Å².